The molecule has 0 N–H and O–H groups in total. The van der Waals surface area contributed by atoms with Crippen LogP contribution in [0.25, 0.3) is 6.08 Å². The van der Waals surface area contributed by atoms with Crippen molar-refractivity contribution >= 4 is 49.4 Å². The molecule has 0 spiro atoms. The SMILES string of the molecule is Cc1ccc(C)c2c1C=C(P(c1ccccc1)c1ccccc1)[CH]2[Hf].Cl.Cl. The van der Waals surface area contributed by atoms with Crippen LogP contribution >= 0.6 is 32.7 Å². The van der Waals surface area contributed by atoms with E-state index in [1.54, 1.807) is 10.9 Å². The Morgan fingerprint density at radius 2 is 1.19 bits per heavy atom. The molecule has 137 valence electrons. The number of allylic oxidation sites excluding steroid dienone is 1. The van der Waals surface area contributed by atoms with E-state index in [9.17, 15) is 0 Å². The maximum atomic E-state index is 2.51. The molecule has 1 aliphatic rings. The Labute approximate surface area is 190 Å². The molecule has 1 unspecified atom stereocenters. The number of halogens is 2. The van der Waals surface area contributed by atoms with Gasteiger partial charge in [0.1, 0.15) is 0 Å². The van der Waals surface area contributed by atoms with Crippen LogP contribution in [0.5, 0.6) is 0 Å². The molecule has 4 rings (SSSR count). The Balaban J connectivity index is 0.00000131. The second-order valence-electron chi connectivity index (χ2n) is 6.54. The summed E-state index contributed by atoms with van der Waals surface area (Å²) in [6.07, 6.45) is 2.51. The molecule has 0 saturated heterocycles. The van der Waals surface area contributed by atoms with Crippen molar-refractivity contribution in [2.45, 2.75) is 17.5 Å². The summed E-state index contributed by atoms with van der Waals surface area (Å²) < 4.78 is 0.612. The van der Waals surface area contributed by atoms with E-state index in [1.165, 1.54) is 27.3 Å². The van der Waals surface area contributed by atoms with Crippen LogP contribution in [0.2, 0.25) is 0 Å². The smallest absolute Gasteiger partial charge is 0.147 e. The van der Waals surface area contributed by atoms with Gasteiger partial charge in [-0.1, -0.05) is 0 Å². The number of hydrogen-bond donors (Lipinski definition) is 0. The molecule has 3 aromatic rings. The van der Waals surface area contributed by atoms with Crippen LogP contribution in [-0.4, -0.2) is 0 Å². The molecule has 3 aromatic carbocycles. The monoisotopic (exact) mass is 579 g/mol. The van der Waals surface area contributed by atoms with Gasteiger partial charge < -0.3 is 0 Å². The third-order valence-electron chi connectivity index (χ3n) is 4.89. The Hall–Kier alpha value is -0.720. The zero-order valence-corrected chi connectivity index (χ0v) is 21.5. The molecule has 4 heteroatoms. The average Bonchev–Trinajstić information content (AvgIpc) is 2.99. The van der Waals surface area contributed by atoms with Gasteiger partial charge in [-0.05, 0) is 0 Å². The fourth-order valence-electron chi connectivity index (χ4n) is 3.60. The first-order valence-electron chi connectivity index (χ1n) is 8.60. The zero-order chi connectivity index (χ0) is 17.4. The summed E-state index contributed by atoms with van der Waals surface area (Å²) >= 11 is 1.16. The Bertz CT molecular complexity index is 900. The number of rotatable bonds is 3. The Morgan fingerprint density at radius 1 is 0.704 bits per heavy atom. The summed E-state index contributed by atoms with van der Waals surface area (Å²) in [5, 5.41) is 4.55. The average molecular weight is 579 g/mol. The third-order valence-corrected chi connectivity index (χ3v) is 10.4. The van der Waals surface area contributed by atoms with Gasteiger partial charge >= 0.3 is 167 Å². The van der Waals surface area contributed by atoms with Gasteiger partial charge in [0.05, 0.1) is 0 Å². The van der Waals surface area contributed by atoms with E-state index < -0.39 is 7.92 Å². The van der Waals surface area contributed by atoms with E-state index in [0.717, 1.165) is 24.4 Å². The molecule has 1 aliphatic carbocycles. The number of hydrogen-bond acceptors (Lipinski definition) is 0. The number of aryl methyl sites for hydroxylation is 2. The summed E-state index contributed by atoms with van der Waals surface area (Å²) in [6, 6.07) is 26.7. The molecule has 0 radical (unpaired) electrons. The van der Waals surface area contributed by atoms with Gasteiger partial charge in [-0.2, -0.15) is 0 Å². The van der Waals surface area contributed by atoms with Crippen molar-refractivity contribution in [3.63, 3.8) is 0 Å². The van der Waals surface area contributed by atoms with Gasteiger partial charge in [0.2, 0.25) is 0 Å². The minimum Gasteiger partial charge on any atom is -0.147 e. The minimum absolute atomic E-state index is 0. The van der Waals surface area contributed by atoms with Gasteiger partial charge in [-0.15, -0.1) is 24.8 Å². The summed E-state index contributed by atoms with van der Waals surface area (Å²) in [4.78, 5) is 0. The van der Waals surface area contributed by atoms with Crippen LogP contribution in [0.1, 0.15) is 25.9 Å². The molecule has 0 aliphatic heterocycles. The predicted molar refractivity (Wildman–Crippen MR) is 120 cm³/mol. The van der Waals surface area contributed by atoms with Crippen molar-refractivity contribution in [2.24, 2.45) is 0 Å². The van der Waals surface area contributed by atoms with Crippen LogP contribution in [0.15, 0.2) is 78.1 Å². The molecule has 0 amide bonds. The molecule has 0 nitrogen and oxygen atoms in total. The molecule has 1 atom stereocenters. The minimum atomic E-state index is -0.467. The number of fused-ring (bicyclic) bond motifs is 1. The Morgan fingerprint density at radius 3 is 1.67 bits per heavy atom. The largest absolute Gasteiger partial charge is 0.147 e. The van der Waals surface area contributed by atoms with Gasteiger partial charge in [0.25, 0.3) is 0 Å². The van der Waals surface area contributed by atoms with Crippen LogP contribution in [0.3, 0.4) is 0 Å². The van der Waals surface area contributed by atoms with Crippen LogP contribution in [-0.2, 0) is 24.4 Å². The first kappa shape index (κ1) is 22.6. The summed E-state index contributed by atoms with van der Waals surface area (Å²) in [7, 11) is -0.467. The molecular weight excluding hydrogens is 557 g/mol. The van der Waals surface area contributed by atoms with E-state index in [2.05, 4.69) is 92.7 Å². The molecule has 27 heavy (non-hydrogen) atoms. The van der Waals surface area contributed by atoms with Crippen molar-refractivity contribution in [2.75, 3.05) is 0 Å². The topological polar surface area (TPSA) is 0 Å². The van der Waals surface area contributed by atoms with E-state index in [0.29, 0.717) is 3.67 Å². The quantitative estimate of drug-likeness (QED) is 0.256. The summed E-state index contributed by atoms with van der Waals surface area (Å²) in [5.74, 6) is 0. The first-order chi connectivity index (χ1) is 12.2. The predicted octanol–water partition coefficient (Wildman–Crippen LogP) is 6.22. The molecular formula is C23H22Cl2HfP. The standard InChI is InChI=1S/C23H20P.2ClH.Hf/c1-17-13-14-18(2)23-16-21(15-22(17)23)24(19-9-5-3-6-10-19)20-11-7-4-8-12-20;;;/h3-16H,1-2H3;2*1H;. The van der Waals surface area contributed by atoms with Gasteiger partial charge in [0.15, 0.2) is 0 Å². The zero-order valence-electron chi connectivity index (χ0n) is 15.3. The van der Waals surface area contributed by atoms with Gasteiger partial charge in [-0.25, -0.2) is 0 Å². The van der Waals surface area contributed by atoms with Gasteiger partial charge in [0, 0.05) is 0 Å². The first-order valence-corrected chi connectivity index (χ1v) is 12.0. The maximum absolute atomic E-state index is 2.51. The normalized spacial score (nSPS) is 14.7. The van der Waals surface area contributed by atoms with E-state index >= 15 is 0 Å². The summed E-state index contributed by atoms with van der Waals surface area (Å²) in [6.45, 7) is 4.52. The van der Waals surface area contributed by atoms with E-state index in [4.69, 9.17) is 0 Å². The van der Waals surface area contributed by atoms with Crippen molar-refractivity contribution in [3.05, 3.63) is 100 Å². The number of benzene rings is 3. The van der Waals surface area contributed by atoms with Crippen molar-refractivity contribution in [1.82, 2.24) is 0 Å². The third kappa shape index (κ3) is 4.33. The van der Waals surface area contributed by atoms with E-state index in [-0.39, 0.29) is 24.8 Å². The summed E-state index contributed by atoms with van der Waals surface area (Å²) in [5.41, 5.74) is 5.92. The fraction of sp³-hybridized carbons (Fsp3) is 0.130. The van der Waals surface area contributed by atoms with Crippen molar-refractivity contribution < 1.29 is 24.4 Å². The van der Waals surface area contributed by atoms with Crippen molar-refractivity contribution in [3.8, 4) is 0 Å². The van der Waals surface area contributed by atoms with Crippen LogP contribution < -0.4 is 10.6 Å². The Kier molecular flexibility index (Phi) is 8.07. The second kappa shape index (κ2) is 9.66. The van der Waals surface area contributed by atoms with Crippen molar-refractivity contribution in [1.29, 1.82) is 0 Å². The van der Waals surface area contributed by atoms with Crippen LogP contribution in [0, 0.1) is 13.8 Å². The fourth-order valence-corrected chi connectivity index (χ4v) is 9.15. The molecule has 0 bridgehead atoms. The molecule has 0 saturated carbocycles. The van der Waals surface area contributed by atoms with Gasteiger partial charge in [-0.3, -0.25) is 0 Å². The van der Waals surface area contributed by atoms with Crippen LogP contribution in [0.4, 0.5) is 0 Å². The maximum Gasteiger partial charge on any atom is -0.147 e. The molecule has 0 fully saturated rings. The van der Waals surface area contributed by atoms with E-state index in [1.807, 2.05) is 0 Å². The second-order valence-corrected chi connectivity index (χ2v) is 10.8. The molecule has 0 heterocycles. The molecule has 0 aromatic heterocycles.